The summed E-state index contributed by atoms with van der Waals surface area (Å²) in [6, 6.07) is 37.8. The van der Waals surface area contributed by atoms with E-state index in [-0.39, 0.29) is 26.2 Å². The number of benzene rings is 4. The minimum absolute atomic E-state index is 0. The Bertz CT molecular complexity index is 1790. The average molecular weight is 698 g/mol. The van der Waals surface area contributed by atoms with Crippen molar-refractivity contribution in [3.8, 4) is 22.3 Å². The molecule has 0 N–H and O–H groups in total. The van der Waals surface area contributed by atoms with Crippen LogP contribution < -0.4 is 10.4 Å². The molecule has 0 atom stereocenters. The third kappa shape index (κ3) is 6.25. The number of hydrogen-bond donors (Lipinski definition) is 0. The number of fused-ring (bicyclic) bond motifs is 2. The van der Waals surface area contributed by atoms with E-state index in [1.807, 2.05) is 0 Å². The molecule has 0 nitrogen and oxygen atoms in total. The summed E-state index contributed by atoms with van der Waals surface area (Å²) < 4.78 is 0. The van der Waals surface area contributed by atoms with Crippen molar-refractivity contribution in [2.45, 2.75) is 92.2 Å². The maximum absolute atomic E-state index is 2.64. The molecule has 6 aromatic rings. The van der Waals surface area contributed by atoms with E-state index in [9.17, 15) is 0 Å². The van der Waals surface area contributed by atoms with E-state index in [2.05, 4.69) is 152 Å². The molecule has 0 spiro atoms. The van der Waals surface area contributed by atoms with Crippen LogP contribution in [0.1, 0.15) is 88.5 Å². The van der Waals surface area contributed by atoms with Crippen LogP contribution in [0.2, 0.25) is 13.1 Å². The number of aryl methyl sites for hydroxylation is 2. The molecule has 6 rings (SSSR count). The van der Waals surface area contributed by atoms with Crippen LogP contribution in [0, 0.1) is 0 Å². The Labute approximate surface area is 298 Å². The largest absolute Gasteiger partial charge is 2.00 e. The van der Waals surface area contributed by atoms with Gasteiger partial charge in [-0.1, -0.05) is 139 Å². The SMILES string of the molecule is CCCc1[cH-]c2cccc(-c3ccc(C(C)C)cc3)c2c1[Si](C)(C)c1c(CCC)[cH-]c2cccc(-c3ccc(C(C)C)cc3)c12.[Zr+2]. The normalized spacial score (nSPS) is 12.0. The standard InChI is InChI=1S/C44H50Si.Zr/c1-9-13-37-27-35-15-11-17-39(33-23-19-31(20-24-33)29(3)4)41(35)43(37)45(7,8)44-38(14-10-2)28-36-16-12-18-40(42(36)44)34-25-21-32(22-26-34)30(5)6;/h11-12,15-30H,9-10,13-14H2,1-8H3;/q-2;+2. The first kappa shape index (κ1) is 34.5. The summed E-state index contributed by atoms with van der Waals surface area (Å²) in [6.07, 6.45) is 4.56. The monoisotopic (exact) mass is 696 g/mol. The number of hydrogen-bond acceptors (Lipinski definition) is 0. The van der Waals surface area contributed by atoms with Gasteiger partial charge in [-0.15, -0.1) is 69.1 Å². The first-order chi connectivity index (χ1) is 21.6. The molecule has 0 fully saturated rings. The van der Waals surface area contributed by atoms with Gasteiger partial charge in [0.1, 0.15) is 0 Å². The Hall–Kier alpha value is -2.80. The number of rotatable bonds is 10. The maximum atomic E-state index is 2.64. The molecule has 0 aliphatic rings. The fourth-order valence-electron chi connectivity index (χ4n) is 7.84. The van der Waals surface area contributed by atoms with Crippen molar-refractivity contribution in [3.05, 3.63) is 119 Å². The summed E-state index contributed by atoms with van der Waals surface area (Å²) >= 11 is 0. The van der Waals surface area contributed by atoms with Gasteiger partial charge in [-0.2, -0.15) is 10.4 Å². The van der Waals surface area contributed by atoms with E-state index in [0.29, 0.717) is 11.8 Å². The molecule has 0 bridgehead atoms. The smallest absolute Gasteiger partial charge is 0.158 e. The third-order valence-electron chi connectivity index (χ3n) is 10.1. The molecule has 46 heavy (non-hydrogen) atoms. The zero-order valence-corrected chi connectivity index (χ0v) is 32.7. The van der Waals surface area contributed by atoms with Gasteiger partial charge in [0, 0.05) is 8.07 Å². The second kappa shape index (κ2) is 14.1. The van der Waals surface area contributed by atoms with E-state index in [4.69, 9.17) is 0 Å². The topological polar surface area (TPSA) is 0 Å². The fraction of sp³-hybridized carbons (Fsp3) is 0.318. The summed E-state index contributed by atoms with van der Waals surface area (Å²) in [7, 11) is -2.23. The van der Waals surface area contributed by atoms with Crippen molar-refractivity contribution in [1.29, 1.82) is 0 Å². The Morgan fingerprint density at radius 2 is 0.913 bits per heavy atom. The van der Waals surface area contributed by atoms with E-state index < -0.39 is 8.07 Å². The van der Waals surface area contributed by atoms with Crippen molar-refractivity contribution in [2.75, 3.05) is 0 Å². The van der Waals surface area contributed by atoms with Crippen LogP contribution in [0.25, 0.3) is 43.8 Å². The van der Waals surface area contributed by atoms with E-state index in [0.717, 1.165) is 25.7 Å². The van der Waals surface area contributed by atoms with E-state index >= 15 is 0 Å². The second-order valence-electron chi connectivity index (χ2n) is 14.3. The molecule has 0 radical (unpaired) electrons. The predicted molar refractivity (Wildman–Crippen MR) is 203 cm³/mol. The van der Waals surface area contributed by atoms with Crippen LogP contribution in [0.5, 0.6) is 0 Å². The first-order valence-corrected chi connectivity index (χ1v) is 20.3. The first-order valence-electron chi connectivity index (χ1n) is 17.3. The third-order valence-corrected chi connectivity index (χ3v) is 13.7. The van der Waals surface area contributed by atoms with Crippen LogP contribution in [-0.2, 0) is 39.0 Å². The molecule has 0 heterocycles. The molecule has 234 valence electrons. The zero-order valence-electron chi connectivity index (χ0n) is 29.2. The van der Waals surface area contributed by atoms with Crippen LogP contribution in [0.3, 0.4) is 0 Å². The van der Waals surface area contributed by atoms with Gasteiger partial charge in [0.2, 0.25) is 0 Å². The molecular weight excluding hydrogens is 648 g/mol. The van der Waals surface area contributed by atoms with E-state index in [1.54, 1.807) is 21.5 Å². The molecule has 0 saturated heterocycles. The van der Waals surface area contributed by atoms with Crippen LogP contribution in [0.4, 0.5) is 0 Å². The van der Waals surface area contributed by atoms with Crippen molar-refractivity contribution in [2.24, 2.45) is 0 Å². The van der Waals surface area contributed by atoms with Gasteiger partial charge in [-0.05, 0) is 46.9 Å². The molecule has 0 unspecified atom stereocenters. The van der Waals surface area contributed by atoms with Crippen molar-refractivity contribution < 1.29 is 26.2 Å². The van der Waals surface area contributed by atoms with Gasteiger partial charge in [-0.25, -0.2) is 0 Å². The quantitative estimate of drug-likeness (QED) is 0.0987. The molecule has 0 aliphatic heterocycles. The molecule has 0 aliphatic carbocycles. The summed E-state index contributed by atoms with van der Waals surface area (Å²) in [5.41, 5.74) is 11.4. The van der Waals surface area contributed by atoms with E-state index in [1.165, 1.54) is 54.9 Å². The van der Waals surface area contributed by atoms with Crippen LogP contribution >= 0.6 is 0 Å². The minimum Gasteiger partial charge on any atom is -0.158 e. The summed E-state index contributed by atoms with van der Waals surface area (Å²) in [5.74, 6) is 1.07. The maximum Gasteiger partial charge on any atom is 2.00 e. The van der Waals surface area contributed by atoms with Crippen molar-refractivity contribution in [1.82, 2.24) is 0 Å². The van der Waals surface area contributed by atoms with Crippen molar-refractivity contribution in [3.63, 3.8) is 0 Å². The van der Waals surface area contributed by atoms with Crippen molar-refractivity contribution >= 4 is 40.0 Å². The van der Waals surface area contributed by atoms with Gasteiger partial charge < -0.3 is 0 Å². The van der Waals surface area contributed by atoms with Crippen LogP contribution in [0.15, 0.2) is 97.1 Å². The van der Waals surface area contributed by atoms with Gasteiger partial charge in [0.15, 0.2) is 0 Å². The fourth-order valence-corrected chi connectivity index (χ4v) is 11.9. The summed E-state index contributed by atoms with van der Waals surface area (Å²) in [6.45, 7) is 19.1. The van der Waals surface area contributed by atoms with Crippen LogP contribution in [-0.4, -0.2) is 8.07 Å². The minimum atomic E-state index is -2.23. The Morgan fingerprint density at radius 3 is 1.24 bits per heavy atom. The summed E-state index contributed by atoms with van der Waals surface area (Å²) in [4.78, 5) is 0. The average Bonchev–Trinajstić information content (AvgIpc) is 3.60. The zero-order chi connectivity index (χ0) is 31.9. The Morgan fingerprint density at radius 1 is 0.543 bits per heavy atom. The molecule has 0 amide bonds. The summed E-state index contributed by atoms with van der Waals surface area (Å²) in [5, 5.41) is 9.08. The second-order valence-corrected chi connectivity index (χ2v) is 18.6. The molecular formula is C44H50SiZr. The molecule has 0 aromatic heterocycles. The molecule has 6 aromatic carbocycles. The van der Waals surface area contributed by atoms with Gasteiger partial charge in [0.25, 0.3) is 0 Å². The van der Waals surface area contributed by atoms with Gasteiger partial charge >= 0.3 is 26.2 Å². The molecule has 0 saturated carbocycles. The predicted octanol–water partition coefficient (Wildman–Crippen LogP) is 11.7. The van der Waals surface area contributed by atoms with Gasteiger partial charge in [-0.3, -0.25) is 0 Å². The van der Waals surface area contributed by atoms with Gasteiger partial charge in [0.05, 0.1) is 0 Å². The molecule has 2 heteroatoms. The Kier molecular flexibility index (Phi) is 10.6. The Balaban J connectivity index is 0.00000417.